The molecule has 0 atom stereocenters. The lowest BCUT2D eigenvalue weighted by Crippen LogP contribution is -2.13. The lowest BCUT2D eigenvalue weighted by atomic mass is 10.1. The number of nitrogens with zero attached hydrogens (tertiary/aromatic N) is 2. The summed E-state index contributed by atoms with van der Waals surface area (Å²) < 4.78 is 5.90. The van der Waals surface area contributed by atoms with E-state index in [4.69, 9.17) is 4.74 Å². The summed E-state index contributed by atoms with van der Waals surface area (Å²) in [6.07, 6.45) is 6.01. The van der Waals surface area contributed by atoms with Gasteiger partial charge in [-0.15, -0.1) is 0 Å². The van der Waals surface area contributed by atoms with Crippen LogP contribution in [0.2, 0.25) is 0 Å². The summed E-state index contributed by atoms with van der Waals surface area (Å²) >= 11 is 0. The Morgan fingerprint density at radius 2 is 1.76 bits per heavy atom. The first-order chi connectivity index (χ1) is 12.1. The van der Waals surface area contributed by atoms with Gasteiger partial charge in [-0.1, -0.05) is 30.4 Å². The average Bonchev–Trinajstić information content (AvgIpc) is 2.60. The van der Waals surface area contributed by atoms with E-state index in [0.29, 0.717) is 6.61 Å². The number of hydrogen-bond acceptors (Lipinski definition) is 4. The van der Waals surface area contributed by atoms with Crippen LogP contribution >= 0.6 is 0 Å². The monoisotopic (exact) mass is 340 g/mol. The summed E-state index contributed by atoms with van der Waals surface area (Å²) in [5.74, 6) is 0.852. The summed E-state index contributed by atoms with van der Waals surface area (Å²) in [7, 11) is 4.14. The van der Waals surface area contributed by atoms with Crippen LogP contribution in [0.25, 0.3) is 12.2 Å². The van der Waals surface area contributed by atoms with Crippen molar-refractivity contribution in [1.82, 2.24) is 4.90 Å². The van der Waals surface area contributed by atoms with E-state index in [1.807, 2.05) is 36.4 Å². The second kappa shape index (κ2) is 9.59. The van der Waals surface area contributed by atoms with Crippen LogP contribution in [0.1, 0.15) is 24.0 Å². The molecular formula is C20H24N2O3. The largest absolute Gasteiger partial charge is 0.493 e. The topological polar surface area (TPSA) is 55.6 Å². The quantitative estimate of drug-likeness (QED) is 0.292. The number of nitro groups is 1. The summed E-state index contributed by atoms with van der Waals surface area (Å²) in [5, 5.41) is 10.7. The Morgan fingerprint density at radius 1 is 1.04 bits per heavy atom. The molecule has 0 saturated carbocycles. The molecule has 2 aromatic rings. The Balaban J connectivity index is 1.96. The van der Waals surface area contributed by atoms with Gasteiger partial charge in [0.2, 0.25) is 0 Å². The minimum absolute atomic E-state index is 0.0959. The van der Waals surface area contributed by atoms with E-state index >= 15 is 0 Å². The fourth-order valence-corrected chi connectivity index (χ4v) is 2.36. The van der Waals surface area contributed by atoms with Crippen molar-refractivity contribution in [2.75, 3.05) is 27.2 Å². The molecule has 0 fully saturated rings. The van der Waals surface area contributed by atoms with Gasteiger partial charge >= 0.3 is 0 Å². The van der Waals surface area contributed by atoms with E-state index in [1.165, 1.54) is 12.1 Å². The molecule has 0 radical (unpaired) electrons. The predicted molar refractivity (Wildman–Crippen MR) is 102 cm³/mol. The van der Waals surface area contributed by atoms with Crippen LogP contribution < -0.4 is 4.74 Å². The first-order valence-corrected chi connectivity index (χ1v) is 8.35. The Labute approximate surface area is 148 Å². The van der Waals surface area contributed by atoms with Gasteiger partial charge in [-0.25, -0.2) is 0 Å². The summed E-state index contributed by atoms with van der Waals surface area (Å²) in [6, 6.07) is 14.4. The van der Waals surface area contributed by atoms with Gasteiger partial charge < -0.3 is 9.64 Å². The molecule has 132 valence electrons. The van der Waals surface area contributed by atoms with Crippen LogP contribution in [0.4, 0.5) is 5.69 Å². The van der Waals surface area contributed by atoms with Gasteiger partial charge in [0, 0.05) is 17.7 Å². The van der Waals surface area contributed by atoms with Crippen LogP contribution in [0.5, 0.6) is 5.75 Å². The fraction of sp³-hybridized carbons (Fsp3) is 0.300. The Bertz CT molecular complexity index is 709. The van der Waals surface area contributed by atoms with Gasteiger partial charge in [-0.3, -0.25) is 10.1 Å². The van der Waals surface area contributed by atoms with E-state index in [0.717, 1.165) is 36.3 Å². The molecule has 0 unspecified atom stereocenters. The van der Waals surface area contributed by atoms with Crippen molar-refractivity contribution >= 4 is 17.8 Å². The highest BCUT2D eigenvalue weighted by Crippen LogP contribution is 2.21. The highest BCUT2D eigenvalue weighted by atomic mass is 16.6. The molecule has 2 rings (SSSR count). The standard InChI is InChI=1S/C20H24N2O3/c1-21(2)15-5-6-16-25-20-8-4-3-7-18(20)12-9-17-10-13-19(14-11-17)22(23)24/h3-4,7-14H,5-6,15-16H2,1-2H3/b12-9+. The number of unbranched alkanes of at least 4 members (excludes halogenated alkanes) is 1. The highest BCUT2D eigenvalue weighted by molar-refractivity contribution is 5.72. The van der Waals surface area contributed by atoms with Gasteiger partial charge in [0.1, 0.15) is 5.75 Å². The number of rotatable bonds is 9. The van der Waals surface area contributed by atoms with Gasteiger partial charge in [0.25, 0.3) is 5.69 Å². The van der Waals surface area contributed by atoms with E-state index in [1.54, 1.807) is 12.1 Å². The zero-order chi connectivity index (χ0) is 18.1. The lowest BCUT2D eigenvalue weighted by molar-refractivity contribution is -0.384. The molecule has 5 nitrogen and oxygen atoms in total. The summed E-state index contributed by atoms with van der Waals surface area (Å²) in [4.78, 5) is 12.5. The maximum atomic E-state index is 10.7. The smallest absolute Gasteiger partial charge is 0.269 e. The number of para-hydroxylation sites is 1. The number of ether oxygens (including phenoxy) is 1. The molecule has 0 N–H and O–H groups in total. The Hall–Kier alpha value is -2.66. The first kappa shape index (κ1) is 18.7. The molecule has 0 bridgehead atoms. The van der Waals surface area contributed by atoms with Gasteiger partial charge in [0.15, 0.2) is 0 Å². The second-order valence-corrected chi connectivity index (χ2v) is 6.08. The van der Waals surface area contributed by atoms with E-state index < -0.39 is 4.92 Å². The number of hydrogen-bond donors (Lipinski definition) is 0. The Morgan fingerprint density at radius 3 is 2.44 bits per heavy atom. The normalized spacial score (nSPS) is 11.2. The van der Waals surface area contributed by atoms with Crippen molar-refractivity contribution in [2.45, 2.75) is 12.8 Å². The molecule has 0 saturated heterocycles. The molecule has 0 aliphatic rings. The van der Waals surface area contributed by atoms with Crippen molar-refractivity contribution in [2.24, 2.45) is 0 Å². The molecular weight excluding hydrogens is 316 g/mol. The van der Waals surface area contributed by atoms with Crippen LogP contribution in [0.15, 0.2) is 48.5 Å². The van der Waals surface area contributed by atoms with Gasteiger partial charge in [0.05, 0.1) is 11.5 Å². The molecule has 5 heteroatoms. The molecule has 25 heavy (non-hydrogen) atoms. The van der Waals surface area contributed by atoms with Crippen LogP contribution in [0, 0.1) is 10.1 Å². The summed E-state index contributed by atoms with van der Waals surface area (Å²) in [6.45, 7) is 1.75. The molecule has 2 aromatic carbocycles. The SMILES string of the molecule is CN(C)CCCCOc1ccccc1/C=C/c1ccc([N+](=O)[O-])cc1. The van der Waals surface area contributed by atoms with E-state index in [9.17, 15) is 10.1 Å². The molecule has 0 amide bonds. The van der Waals surface area contributed by atoms with Crippen LogP contribution in [-0.4, -0.2) is 37.1 Å². The van der Waals surface area contributed by atoms with E-state index in [-0.39, 0.29) is 5.69 Å². The zero-order valence-electron chi connectivity index (χ0n) is 14.7. The highest BCUT2D eigenvalue weighted by Gasteiger charge is 2.03. The maximum Gasteiger partial charge on any atom is 0.269 e. The fourth-order valence-electron chi connectivity index (χ4n) is 2.36. The minimum Gasteiger partial charge on any atom is -0.493 e. The third kappa shape index (κ3) is 6.39. The maximum absolute atomic E-state index is 10.7. The van der Waals surface area contributed by atoms with Crippen molar-refractivity contribution in [3.05, 3.63) is 69.8 Å². The van der Waals surface area contributed by atoms with Crippen LogP contribution in [0.3, 0.4) is 0 Å². The molecule has 0 heterocycles. The number of nitro benzene ring substituents is 1. The van der Waals surface area contributed by atoms with Crippen LogP contribution in [-0.2, 0) is 0 Å². The molecule has 0 aliphatic carbocycles. The zero-order valence-corrected chi connectivity index (χ0v) is 14.7. The summed E-state index contributed by atoms with van der Waals surface area (Å²) in [5.41, 5.74) is 2.00. The second-order valence-electron chi connectivity index (χ2n) is 6.08. The lowest BCUT2D eigenvalue weighted by Gasteiger charge is -2.11. The molecule has 0 aromatic heterocycles. The number of non-ortho nitro benzene ring substituents is 1. The first-order valence-electron chi connectivity index (χ1n) is 8.35. The Kier molecular flexibility index (Phi) is 7.16. The van der Waals surface area contributed by atoms with Crippen molar-refractivity contribution in [3.8, 4) is 5.75 Å². The molecule has 0 spiro atoms. The predicted octanol–water partition coefficient (Wildman–Crippen LogP) is 4.49. The van der Waals surface area contributed by atoms with Crippen molar-refractivity contribution < 1.29 is 9.66 Å². The number of benzene rings is 2. The third-order valence-corrected chi connectivity index (χ3v) is 3.74. The van der Waals surface area contributed by atoms with Crippen molar-refractivity contribution in [1.29, 1.82) is 0 Å². The van der Waals surface area contributed by atoms with Gasteiger partial charge in [-0.2, -0.15) is 0 Å². The van der Waals surface area contributed by atoms with Gasteiger partial charge in [-0.05, 0) is 57.2 Å². The average molecular weight is 340 g/mol. The van der Waals surface area contributed by atoms with Crippen molar-refractivity contribution in [3.63, 3.8) is 0 Å². The molecule has 0 aliphatic heterocycles. The minimum atomic E-state index is -0.396. The third-order valence-electron chi connectivity index (χ3n) is 3.74. The van der Waals surface area contributed by atoms with E-state index in [2.05, 4.69) is 19.0 Å².